The molecule has 0 heterocycles. The normalized spacial score (nSPS) is 12.7. The van der Waals surface area contributed by atoms with E-state index >= 15 is 0 Å². The maximum absolute atomic E-state index is 2.30. The second kappa shape index (κ2) is 6.74. The highest BCUT2D eigenvalue weighted by atomic mass is 14.2. The van der Waals surface area contributed by atoms with Gasteiger partial charge in [-0.2, -0.15) is 0 Å². The Morgan fingerprint density at radius 1 is 0.444 bits per heavy atom. The smallest absolute Gasteiger partial charge is 0.00265 e. The molecule has 0 radical (unpaired) electrons. The fraction of sp³-hybridized carbons (Fsp3) is 0.0370. The molecule has 0 aliphatic heterocycles. The van der Waals surface area contributed by atoms with Crippen LogP contribution in [-0.2, 0) is 0 Å². The molecule has 0 nitrogen and oxygen atoms in total. The molecule has 0 saturated carbocycles. The van der Waals surface area contributed by atoms with Gasteiger partial charge in [-0.1, -0.05) is 109 Å². The van der Waals surface area contributed by atoms with E-state index in [1.807, 2.05) is 0 Å². The first-order valence-corrected chi connectivity index (χ1v) is 9.46. The standard InChI is InChI=1S/C27H20/c1-4-12-20(13-5-1)26-22-16-8-3-9-17-23(22)27(21-14-6-2-7-15-21)25-19-11-10-18-24(25)26/h1-2,4-19H,3H2. The lowest BCUT2D eigenvalue weighted by Gasteiger charge is -2.20. The molecule has 0 spiro atoms. The molecular formula is C27H20. The summed E-state index contributed by atoms with van der Waals surface area (Å²) in [5.41, 5.74) is 7.81. The number of fused-ring (bicyclic) bond motifs is 2. The van der Waals surface area contributed by atoms with Crippen LogP contribution in [0.15, 0.2) is 97.1 Å². The van der Waals surface area contributed by atoms with Gasteiger partial charge in [0.2, 0.25) is 0 Å². The van der Waals surface area contributed by atoms with Gasteiger partial charge in [-0.05, 0) is 50.6 Å². The van der Waals surface area contributed by atoms with Crippen LogP contribution in [0.2, 0.25) is 0 Å². The topological polar surface area (TPSA) is 0 Å². The summed E-state index contributed by atoms with van der Waals surface area (Å²) in [4.78, 5) is 0. The van der Waals surface area contributed by atoms with E-state index in [-0.39, 0.29) is 0 Å². The van der Waals surface area contributed by atoms with Gasteiger partial charge >= 0.3 is 0 Å². The molecule has 0 atom stereocenters. The van der Waals surface area contributed by atoms with Crippen LogP contribution in [0.4, 0.5) is 0 Å². The monoisotopic (exact) mass is 344 g/mol. The summed E-state index contributed by atoms with van der Waals surface area (Å²) >= 11 is 0. The largest absolute Gasteiger partial charge is 0.0801 e. The average molecular weight is 344 g/mol. The Morgan fingerprint density at radius 2 is 0.852 bits per heavy atom. The first-order chi connectivity index (χ1) is 13.4. The van der Waals surface area contributed by atoms with Gasteiger partial charge in [-0.25, -0.2) is 0 Å². The summed E-state index contributed by atoms with van der Waals surface area (Å²) < 4.78 is 0. The molecule has 1 aliphatic carbocycles. The van der Waals surface area contributed by atoms with Crippen LogP contribution in [0.5, 0.6) is 0 Å². The van der Waals surface area contributed by atoms with Gasteiger partial charge in [0.15, 0.2) is 0 Å². The van der Waals surface area contributed by atoms with Gasteiger partial charge < -0.3 is 0 Å². The SMILES string of the molecule is C1=Cc2c(c(-c3ccccc3)c3ccccc3c2-c2ccccc2)C=CC1. The third-order valence-electron chi connectivity index (χ3n) is 5.26. The molecule has 5 rings (SSSR count). The van der Waals surface area contributed by atoms with E-state index in [2.05, 4.69) is 109 Å². The van der Waals surface area contributed by atoms with Gasteiger partial charge in [-0.3, -0.25) is 0 Å². The zero-order valence-corrected chi connectivity index (χ0v) is 15.1. The van der Waals surface area contributed by atoms with Crippen LogP contribution in [0.25, 0.3) is 45.2 Å². The quantitative estimate of drug-likeness (QED) is 0.351. The van der Waals surface area contributed by atoms with E-state index in [1.54, 1.807) is 0 Å². The van der Waals surface area contributed by atoms with Crippen molar-refractivity contribution >= 4 is 22.9 Å². The lowest BCUT2D eigenvalue weighted by molar-refractivity contribution is 1.44. The minimum atomic E-state index is 0.966. The molecule has 27 heavy (non-hydrogen) atoms. The third kappa shape index (κ3) is 2.71. The summed E-state index contributed by atoms with van der Waals surface area (Å²) in [5.74, 6) is 0. The van der Waals surface area contributed by atoms with Crippen molar-refractivity contribution in [1.82, 2.24) is 0 Å². The molecule has 128 valence electrons. The van der Waals surface area contributed by atoms with Gasteiger partial charge in [0.1, 0.15) is 0 Å². The Kier molecular flexibility index (Phi) is 3.95. The van der Waals surface area contributed by atoms with E-state index in [0.29, 0.717) is 0 Å². The van der Waals surface area contributed by atoms with Crippen LogP contribution < -0.4 is 0 Å². The van der Waals surface area contributed by atoms with E-state index in [9.17, 15) is 0 Å². The summed E-state index contributed by atoms with van der Waals surface area (Å²) in [6.07, 6.45) is 10.1. The van der Waals surface area contributed by atoms with Crippen molar-refractivity contribution in [3.05, 3.63) is 108 Å². The zero-order chi connectivity index (χ0) is 18.1. The molecule has 0 amide bonds. The highest BCUT2D eigenvalue weighted by Gasteiger charge is 2.19. The molecule has 0 saturated heterocycles. The van der Waals surface area contributed by atoms with Crippen LogP contribution in [0, 0.1) is 0 Å². The van der Waals surface area contributed by atoms with Crippen molar-refractivity contribution in [1.29, 1.82) is 0 Å². The Morgan fingerprint density at radius 3 is 1.30 bits per heavy atom. The number of benzene rings is 4. The zero-order valence-electron chi connectivity index (χ0n) is 15.1. The Balaban J connectivity index is 1.99. The lowest BCUT2D eigenvalue weighted by Crippen LogP contribution is -1.95. The molecule has 0 aromatic heterocycles. The Labute approximate surface area is 160 Å². The highest BCUT2D eigenvalue weighted by Crippen LogP contribution is 2.43. The fourth-order valence-corrected chi connectivity index (χ4v) is 4.11. The van der Waals surface area contributed by atoms with E-state index in [0.717, 1.165) is 6.42 Å². The fourth-order valence-electron chi connectivity index (χ4n) is 4.11. The predicted molar refractivity (Wildman–Crippen MR) is 118 cm³/mol. The Bertz CT molecular complexity index is 1070. The van der Waals surface area contributed by atoms with Gasteiger partial charge in [0.05, 0.1) is 0 Å². The number of hydrogen-bond acceptors (Lipinski definition) is 0. The lowest BCUT2D eigenvalue weighted by atomic mass is 9.83. The number of rotatable bonds is 2. The van der Waals surface area contributed by atoms with Crippen LogP contribution in [-0.4, -0.2) is 0 Å². The van der Waals surface area contributed by atoms with Crippen molar-refractivity contribution < 1.29 is 0 Å². The minimum absolute atomic E-state index is 0.966. The van der Waals surface area contributed by atoms with E-state index in [4.69, 9.17) is 0 Å². The second-order valence-electron chi connectivity index (χ2n) is 6.90. The number of hydrogen-bond donors (Lipinski definition) is 0. The molecule has 0 fully saturated rings. The molecular weight excluding hydrogens is 324 g/mol. The molecule has 0 heteroatoms. The summed E-state index contributed by atoms with van der Waals surface area (Å²) in [6, 6.07) is 30.3. The van der Waals surface area contributed by atoms with Crippen molar-refractivity contribution in [3.8, 4) is 22.3 Å². The second-order valence-corrected chi connectivity index (χ2v) is 6.90. The van der Waals surface area contributed by atoms with Gasteiger partial charge in [0, 0.05) is 0 Å². The maximum Gasteiger partial charge on any atom is -0.00265 e. The number of allylic oxidation sites excluding steroid dienone is 2. The van der Waals surface area contributed by atoms with Gasteiger partial charge in [0.25, 0.3) is 0 Å². The molecule has 0 N–H and O–H groups in total. The van der Waals surface area contributed by atoms with Crippen molar-refractivity contribution in [2.75, 3.05) is 0 Å². The van der Waals surface area contributed by atoms with E-state index < -0.39 is 0 Å². The molecule has 1 aliphatic rings. The predicted octanol–water partition coefficient (Wildman–Crippen LogP) is 7.60. The molecule has 0 unspecified atom stereocenters. The molecule has 4 aromatic carbocycles. The summed E-state index contributed by atoms with van der Waals surface area (Å²) in [6.45, 7) is 0. The molecule has 4 aromatic rings. The van der Waals surface area contributed by atoms with E-state index in [1.165, 1.54) is 44.2 Å². The maximum atomic E-state index is 2.30. The van der Waals surface area contributed by atoms with Crippen molar-refractivity contribution in [2.24, 2.45) is 0 Å². The van der Waals surface area contributed by atoms with Crippen LogP contribution >= 0.6 is 0 Å². The van der Waals surface area contributed by atoms with Crippen molar-refractivity contribution in [3.63, 3.8) is 0 Å². The van der Waals surface area contributed by atoms with Crippen LogP contribution in [0.3, 0.4) is 0 Å². The summed E-state index contributed by atoms with van der Waals surface area (Å²) in [7, 11) is 0. The first kappa shape index (κ1) is 15.8. The van der Waals surface area contributed by atoms with Crippen molar-refractivity contribution in [2.45, 2.75) is 6.42 Å². The first-order valence-electron chi connectivity index (χ1n) is 9.46. The highest BCUT2D eigenvalue weighted by molar-refractivity contribution is 6.11. The summed E-state index contributed by atoms with van der Waals surface area (Å²) in [5, 5.41) is 2.61. The van der Waals surface area contributed by atoms with Gasteiger partial charge in [-0.15, -0.1) is 0 Å². The third-order valence-corrected chi connectivity index (χ3v) is 5.26. The van der Waals surface area contributed by atoms with Crippen LogP contribution in [0.1, 0.15) is 17.5 Å². The average Bonchev–Trinajstić information content (AvgIpc) is 2.99. The Hall–Kier alpha value is -3.38. The molecule has 0 bridgehead atoms. The minimum Gasteiger partial charge on any atom is -0.0801 e.